The Morgan fingerprint density at radius 3 is 2.61 bits per heavy atom. The monoisotopic (exact) mass is 386 g/mol. The summed E-state index contributed by atoms with van der Waals surface area (Å²) in [6.45, 7) is 8.64. The summed E-state index contributed by atoms with van der Waals surface area (Å²) in [5.74, 6) is 1.89. The van der Waals surface area contributed by atoms with Crippen molar-refractivity contribution >= 4 is 11.9 Å². The molecule has 0 radical (unpaired) electrons. The zero-order valence-electron chi connectivity index (χ0n) is 17.4. The predicted molar refractivity (Wildman–Crippen MR) is 111 cm³/mol. The Hall–Kier alpha value is -1.82. The summed E-state index contributed by atoms with van der Waals surface area (Å²) in [5, 5.41) is 0. The molecule has 0 N–H and O–H groups in total. The molecule has 1 aromatic rings. The number of ether oxygens (including phenoxy) is 1. The molecule has 154 valence electrons. The molecule has 0 atom stereocenters. The van der Waals surface area contributed by atoms with Crippen LogP contribution in [0, 0.1) is 5.92 Å². The molecule has 0 aliphatic carbocycles. The second kappa shape index (κ2) is 8.27. The van der Waals surface area contributed by atoms with Crippen LogP contribution in [0.2, 0.25) is 0 Å². The van der Waals surface area contributed by atoms with Gasteiger partial charge in [-0.15, -0.1) is 0 Å². The van der Waals surface area contributed by atoms with E-state index in [4.69, 9.17) is 4.74 Å². The normalized spacial score (nSPS) is 22.9. The van der Waals surface area contributed by atoms with E-state index in [-0.39, 0.29) is 6.09 Å². The number of carbonyl (C=O) groups excluding carboxylic acids is 1. The molecule has 1 spiro atoms. The number of carbonyl (C=O) groups is 1. The quantitative estimate of drug-likeness (QED) is 0.799. The van der Waals surface area contributed by atoms with Crippen molar-refractivity contribution in [1.29, 1.82) is 0 Å². The van der Waals surface area contributed by atoms with Crippen LogP contribution in [-0.2, 0) is 10.2 Å². The first kappa shape index (κ1) is 19.5. The molecule has 3 aliphatic heterocycles. The van der Waals surface area contributed by atoms with Crippen LogP contribution in [0.1, 0.15) is 44.6 Å². The van der Waals surface area contributed by atoms with Gasteiger partial charge in [0.2, 0.25) is 0 Å². The Labute approximate surface area is 168 Å². The number of pyridine rings is 1. The SMILES string of the molecule is CCOC(=O)N1CCC(CN2CCC3(CC2)CCN(C)c2ncccc23)CC1. The Balaban J connectivity index is 1.30. The van der Waals surface area contributed by atoms with Crippen molar-refractivity contribution in [2.45, 2.75) is 44.4 Å². The number of piperidine rings is 2. The first-order chi connectivity index (χ1) is 13.6. The molecule has 3 aliphatic rings. The van der Waals surface area contributed by atoms with Crippen LogP contribution in [0.5, 0.6) is 0 Å². The molecule has 0 saturated carbocycles. The zero-order valence-corrected chi connectivity index (χ0v) is 17.4. The average molecular weight is 387 g/mol. The summed E-state index contributed by atoms with van der Waals surface area (Å²) in [7, 11) is 2.16. The first-order valence-electron chi connectivity index (χ1n) is 10.9. The summed E-state index contributed by atoms with van der Waals surface area (Å²) >= 11 is 0. The summed E-state index contributed by atoms with van der Waals surface area (Å²) in [6, 6.07) is 4.40. The highest BCUT2D eigenvalue weighted by atomic mass is 16.6. The molecule has 2 saturated heterocycles. The number of likely N-dealkylation sites (tertiary alicyclic amines) is 2. The lowest BCUT2D eigenvalue weighted by Gasteiger charge is -2.47. The number of rotatable bonds is 3. The number of nitrogens with zero attached hydrogens (tertiary/aromatic N) is 4. The minimum absolute atomic E-state index is 0.143. The van der Waals surface area contributed by atoms with E-state index in [1.807, 2.05) is 18.0 Å². The summed E-state index contributed by atoms with van der Waals surface area (Å²) in [4.78, 5) is 23.4. The maximum absolute atomic E-state index is 11.9. The van der Waals surface area contributed by atoms with E-state index in [1.54, 1.807) is 0 Å². The smallest absolute Gasteiger partial charge is 0.409 e. The maximum Gasteiger partial charge on any atom is 0.409 e. The van der Waals surface area contributed by atoms with Crippen LogP contribution in [0.4, 0.5) is 10.6 Å². The molecule has 28 heavy (non-hydrogen) atoms. The highest BCUT2D eigenvalue weighted by Gasteiger charge is 2.41. The van der Waals surface area contributed by atoms with Gasteiger partial charge in [0, 0.05) is 50.4 Å². The fourth-order valence-corrected chi connectivity index (χ4v) is 5.30. The molecule has 4 rings (SSSR count). The summed E-state index contributed by atoms with van der Waals surface area (Å²) < 4.78 is 5.13. The van der Waals surface area contributed by atoms with Crippen LogP contribution in [0.15, 0.2) is 18.3 Å². The van der Waals surface area contributed by atoms with E-state index in [9.17, 15) is 4.79 Å². The standard InChI is InChI=1S/C22H34N4O2/c1-3-28-21(27)26-12-6-18(7-13-26)17-25-15-9-22(10-16-25)8-14-24(2)20-19(22)5-4-11-23-20/h4-5,11,18H,3,6-10,12-17H2,1-2H3. The van der Waals surface area contributed by atoms with Gasteiger partial charge in [0.15, 0.2) is 0 Å². The Morgan fingerprint density at radius 1 is 1.18 bits per heavy atom. The third-order valence-corrected chi connectivity index (χ3v) is 7.12. The number of amides is 1. The Kier molecular flexibility index (Phi) is 5.76. The second-order valence-corrected chi connectivity index (χ2v) is 8.76. The second-order valence-electron chi connectivity index (χ2n) is 8.76. The van der Waals surface area contributed by atoms with Crippen molar-refractivity contribution < 1.29 is 9.53 Å². The lowest BCUT2D eigenvalue weighted by molar-refractivity contribution is 0.0780. The topological polar surface area (TPSA) is 48.9 Å². The van der Waals surface area contributed by atoms with Gasteiger partial charge in [0.1, 0.15) is 5.82 Å². The van der Waals surface area contributed by atoms with Gasteiger partial charge in [0.05, 0.1) is 6.61 Å². The van der Waals surface area contributed by atoms with Crippen LogP contribution >= 0.6 is 0 Å². The van der Waals surface area contributed by atoms with Gasteiger partial charge in [-0.25, -0.2) is 9.78 Å². The largest absolute Gasteiger partial charge is 0.450 e. The van der Waals surface area contributed by atoms with Crippen molar-refractivity contribution in [2.24, 2.45) is 5.92 Å². The molecular formula is C22H34N4O2. The van der Waals surface area contributed by atoms with Gasteiger partial charge < -0.3 is 19.4 Å². The predicted octanol–water partition coefficient (Wildman–Crippen LogP) is 3.12. The number of fused-ring (bicyclic) bond motifs is 2. The van der Waals surface area contributed by atoms with E-state index < -0.39 is 0 Å². The van der Waals surface area contributed by atoms with E-state index in [2.05, 4.69) is 34.0 Å². The van der Waals surface area contributed by atoms with E-state index in [0.717, 1.165) is 32.5 Å². The number of hydrogen-bond donors (Lipinski definition) is 0. The van der Waals surface area contributed by atoms with E-state index in [0.29, 0.717) is 17.9 Å². The van der Waals surface area contributed by atoms with Gasteiger partial charge in [-0.2, -0.15) is 0 Å². The first-order valence-corrected chi connectivity index (χ1v) is 10.9. The molecule has 0 bridgehead atoms. The highest BCUT2D eigenvalue weighted by Crippen LogP contribution is 2.45. The fourth-order valence-electron chi connectivity index (χ4n) is 5.30. The van der Waals surface area contributed by atoms with Crippen LogP contribution in [0.3, 0.4) is 0 Å². The maximum atomic E-state index is 11.9. The van der Waals surface area contributed by atoms with Gasteiger partial charge in [-0.05, 0) is 64.1 Å². The van der Waals surface area contributed by atoms with Crippen molar-refractivity contribution in [3.8, 4) is 0 Å². The minimum Gasteiger partial charge on any atom is -0.450 e. The van der Waals surface area contributed by atoms with E-state index >= 15 is 0 Å². The number of hydrogen-bond acceptors (Lipinski definition) is 5. The summed E-state index contributed by atoms with van der Waals surface area (Å²) in [6.07, 6.45) is 7.69. The third-order valence-electron chi connectivity index (χ3n) is 7.12. The van der Waals surface area contributed by atoms with Crippen LogP contribution in [-0.4, -0.2) is 73.8 Å². The van der Waals surface area contributed by atoms with Crippen LogP contribution < -0.4 is 4.90 Å². The summed E-state index contributed by atoms with van der Waals surface area (Å²) in [5.41, 5.74) is 1.78. The fraction of sp³-hybridized carbons (Fsp3) is 0.727. The van der Waals surface area contributed by atoms with Crippen molar-refractivity contribution in [3.63, 3.8) is 0 Å². The van der Waals surface area contributed by atoms with Gasteiger partial charge in [-0.1, -0.05) is 6.07 Å². The molecule has 0 aromatic carbocycles. The minimum atomic E-state index is -0.143. The third kappa shape index (κ3) is 3.84. The van der Waals surface area contributed by atoms with E-state index in [1.165, 1.54) is 50.3 Å². The lowest BCUT2D eigenvalue weighted by Crippen LogP contribution is -2.49. The molecule has 1 aromatic heterocycles. The molecular weight excluding hydrogens is 352 g/mol. The van der Waals surface area contributed by atoms with Crippen LogP contribution in [0.25, 0.3) is 0 Å². The Bertz CT molecular complexity index is 679. The molecule has 1 amide bonds. The zero-order chi connectivity index (χ0) is 19.6. The van der Waals surface area contributed by atoms with Crippen molar-refractivity contribution in [1.82, 2.24) is 14.8 Å². The Morgan fingerprint density at radius 2 is 1.89 bits per heavy atom. The average Bonchev–Trinajstić information content (AvgIpc) is 2.73. The molecule has 2 fully saturated rings. The van der Waals surface area contributed by atoms with Gasteiger partial charge >= 0.3 is 6.09 Å². The van der Waals surface area contributed by atoms with Gasteiger partial charge in [0.25, 0.3) is 0 Å². The lowest BCUT2D eigenvalue weighted by atomic mass is 9.68. The number of aromatic nitrogens is 1. The van der Waals surface area contributed by atoms with Crippen molar-refractivity contribution in [2.75, 3.05) is 57.8 Å². The van der Waals surface area contributed by atoms with Crippen molar-refractivity contribution in [3.05, 3.63) is 23.9 Å². The molecule has 6 nitrogen and oxygen atoms in total. The van der Waals surface area contributed by atoms with Gasteiger partial charge in [-0.3, -0.25) is 0 Å². The molecule has 4 heterocycles. The molecule has 0 unspecified atom stereocenters. The number of anilines is 1. The molecule has 6 heteroatoms. The highest BCUT2D eigenvalue weighted by molar-refractivity contribution is 5.67.